The summed E-state index contributed by atoms with van der Waals surface area (Å²) >= 11 is 0. The van der Waals surface area contributed by atoms with Crippen molar-refractivity contribution in [1.29, 1.82) is 0 Å². The first-order valence-electron chi connectivity index (χ1n) is 8.45. The van der Waals surface area contributed by atoms with Crippen molar-refractivity contribution in [2.45, 2.75) is 32.4 Å². The van der Waals surface area contributed by atoms with E-state index in [1.807, 2.05) is 42.5 Å². The molecule has 0 atom stereocenters. The zero-order valence-electron chi connectivity index (χ0n) is 14.2. The van der Waals surface area contributed by atoms with Gasteiger partial charge in [0.25, 0.3) is 0 Å². The Bertz CT molecular complexity index is 674. The summed E-state index contributed by atoms with van der Waals surface area (Å²) in [7, 11) is 0. The van der Waals surface area contributed by atoms with Gasteiger partial charge in [-0.3, -0.25) is 0 Å². The number of nitrogens with one attached hydrogen (secondary N) is 1. The lowest BCUT2D eigenvalue weighted by atomic mass is 9.85. The van der Waals surface area contributed by atoms with E-state index in [0.717, 1.165) is 23.6 Å². The maximum absolute atomic E-state index is 5.91. The second kappa shape index (κ2) is 10.2. The molecular weight excluding hydrogens is 427 g/mol. The molecule has 0 spiro atoms. The fraction of sp³-hybridized carbons (Fsp3) is 0.368. The van der Waals surface area contributed by atoms with Crippen LogP contribution < -0.4 is 15.8 Å². The van der Waals surface area contributed by atoms with Crippen LogP contribution in [0.3, 0.4) is 0 Å². The van der Waals surface area contributed by atoms with E-state index < -0.39 is 0 Å². The molecule has 25 heavy (non-hydrogen) atoms. The molecule has 1 aromatic carbocycles. The Balaban J connectivity index is 0.00000225. The monoisotopic (exact) mass is 452 g/mol. The third kappa shape index (κ3) is 6.53. The first-order chi connectivity index (χ1) is 11.8. The molecule has 1 aliphatic rings. The van der Waals surface area contributed by atoms with Gasteiger partial charge >= 0.3 is 0 Å². The number of pyridine rings is 1. The van der Waals surface area contributed by atoms with E-state index in [-0.39, 0.29) is 24.0 Å². The van der Waals surface area contributed by atoms with E-state index in [4.69, 9.17) is 10.5 Å². The van der Waals surface area contributed by atoms with Crippen LogP contribution in [0.1, 0.15) is 30.4 Å². The molecule has 6 heteroatoms. The molecule has 0 radical (unpaired) electrons. The van der Waals surface area contributed by atoms with E-state index in [0.29, 0.717) is 25.0 Å². The summed E-state index contributed by atoms with van der Waals surface area (Å²) in [5.41, 5.74) is 8.06. The lowest BCUT2D eigenvalue weighted by molar-refractivity contribution is 0.293. The van der Waals surface area contributed by atoms with Crippen molar-refractivity contribution in [2.24, 2.45) is 16.6 Å². The number of nitrogens with zero attached hydrogens (tertiary/aromatic N) is 2. The highest BCUT2D eigenvalue weighted by molar-refractivity contribution is 14.0. The van der Waals surface area contributed by atoms with Crippen molar-refractivity contribution >= 4 is 29.9 Å². The zero-order valence-corrected chi connectivity index (χ0v) is 16.6. The number of aromatic nitrogens is 1. The van der Waals surface area contributed by atoms with Gasteiger partial charge in [0.2, 0.25) is 5.88 Å². The molecule has 0 aliphatic heterocycles. The smallest absolute Gasteiger partial charge is 0.213 e. The summed E-state index contributed by atoms with van der Waals surface area (Å²) in [4.78, 5) is 8.63. The minimum Gasteiger partial charge on any atom is -0.473 e. The molecule has 1 aliphatic carbocycles. The van der Waals surface area contributed by atoms with Crippen molar-refractivity contribution in [1.82, 2.24) is 10.3 Å². The molecule has 0 bridgehead atoms. The van der Waals surface area contributed by atoms with Gasteiger partial charge in [0.05, 0.1) is 6.54 Å². The molecule has 0 unspecified atom stereocenters. The van der Waals surface area contributed by atoms with E-state index >= 15 is 0 Å². The van der Waals surface area contributed by atoms with E-state index in [1.165, 1.54) is 19.3 Å². The Morgan fingerprint density at radius 2 is 2.00 bits per heavy atom. The zero-order chi connectivity index (χ0) is 16.6. The number of nitrogens with two attached hydrogens (primary N) is 1. The molecule has 1 heterocycles. The summed E-state index contributed by atoms with van der Waals surface area (Å²) in [6, 6.07) is 13.9. The van der Waals surface area contributed by atoms with Gasteiger partial charge in [-0.1, -0.05) is 36.8 Å². The molecule has 0 saturated heterocycles. The Kier molecular flexibility index (Phi) is 7.97. The number of hydrogen-bond acceptors (Lipinski definition) is 3. The van der Waals surface area contributed by atoms with Crippen molar-refractivity contribution in [3.8, 4) is 5.88 Å². The van der Waals surface area contributed by atoms with E-state index in [9.17, 15) is 0 Å². The average Bonchev–Trinajstić information content (AvgIpc) is 2.58. The van der Waals surface area contributed by atoms with Gasteiger partial charge < -0.3 is 15.8 Å². The van der Waals surface area contributed by atoms with Crippen LogP contribution in [0.25, 0.3) is 0 Å². The van der Waals surface area contributed by atoms with Gasteiger partial charge in [-0.05, 0) is 36.0 Å². The van der Waals surface area contributed by atoms with Gasteiger partial charge in [-0.25, -0.2) is 9.98 Å². The number of ether oxygens (including phenoxy) is 1. The predicted octanol–water partition coefficient (Wildman–Crippen LogP) is 3.48. The van der Waals surface area contributed by atoms with Crippen LogP contribution in [-0.4, -0.2) is 17.5 Å². The second-order valence-electron chi connectivity index (χ2n) is 6.16. The van der Waals surface area contributed by atoms with Gasteiger partial charge in [-0.15, -0.1) is 24.0 Å². The van der Waals surface area contributed by atoms with Crippen LogP contribution in [0.2, 0.25) is 0 Å². The lowest BCUT2D eigenvalue weighted by Gasteiger charge is -2.25. The van der Waals surface area contributed by atoms with Gasteiger partial charge in [0.15, 0.2) is 5.96 Å². The molecule has 1 saturated carbocycles. The fourth-order valence-corrected chi connectivity index (χ4v) is 2.54. The summed E-state index contributed by atoms with van der Waals surface area (Å²) in [6.07, 6.45) is 5.68. The first-order valence-corrected chi connectivity index (χ1v) is 8.45. The highest BCUT2D eigenvalue weighted by Gasteiger charge is 2.16. The standard InChI is InChI=1S/C19H24N4O.HI/c20-19(22-12-15-7-4-8-15)23-13-17-9-10-21-18(11-17)24-14-16-5-2-1-3-6-16;/h1-3,5-6,9-11,15H,4,7-8,12-14H2,(H3,20,22,23);1H. The van der Waals surface area contributed by atoms with E-state index in [2.05, 4.69) is 15.3 Å². The van der Waals surface area contributed by atoms with Crippen LogP contribution in [0.5, 0.6) is 5.88 Å². The predicted molar refractivity (Wildman–Crippen MR) is 111 cm³/mol. The molecule has 134 valence electrons. The Labute approximate surface area is 166 Å². The quantitative estimate of drug-likeness (QED) is 0.384. The van der Waals surface area contributed by atoms with Crippen LogP contribution in [-0.2, 0) is 13.2 Å². The lowest BCUT2D eigenvalue weighted by Crippen LogP contribution is -2.37. The number of benzene rings is 1. The third-order valence-corrected chi connectivity index (χ3v) is 4.26. The Hall–Kier alpha value is -1.83. The fourth-order valence-electron chi connectivity index (χ4n) is 2.54. The number of halogens is 1. The van der Waals surface area contributed by atoms with Crippen molar-refractivity contribution < 1.29 is 4.74 Å². The third-order valence-electron chi connectivity index (χ3n) is 4.26. The molecule has 3 rings (SSSR count). The summed E-state index contributed by atoms with van der Waals surface area (Å²) < 4.78 is 5.73. The van der Waals surface area contributed by atoms with Crippen LogP contribution >= 0.6 is 24.0 Å². The number of hydrogen-bond donors (Lipinski definition) is 2. The molecule has 1 aromatic heterocycles. The normalized spacial score (nSPS) is 14.3. The SMILES string of the molecule is I.NC(=NCc1ccnc(OCc2ccccc2)c1)NCC1CCC1. The highest BCUT2D eigenvalue weighted by Crippen LogP contribution is 2.25. The highest BCUT2D eigenvalue weighted by atomic mass is 127. The largest absolute Gasteiger partial charge is 0.473 e. The minimum absolute atomic E-state index is 0. The molecule has 2 aromatic rings. The maximum atomic E-state index is 5.91. The molecule has 3 N–H and O–H groups in total. The summed E-state index contributed by atoms with van der Waals surface area (Å²) in [5.74, 6) is 1.87. The average molecular weight is 452 g/mol. The van der Waals surface area contributed by atoms with Crippen molar-refractivity contribution in [2.75, 3.05) is 6.54 Å². The van der Waals surface area contributed by atoms with Crippen LogP contribution in [0.15, 0.2) is 53.7 Å². The number of rotatable bonds is 7. The van der Waals surface area contributed by atoms with Crippen molar-refractivity contribution in [3.05, 3.63) is 59.8 Å². The molecule has 5 nitrogen and oxygen atoms in total. The summed E-state index contributed by atoms with van der Waals surface area (Å²) in [6.45, 7) is 1.95. The number of guanidine groups is 1. The van der Waals surface area contributed by atoms with Crippen molar-refractivity contribution in [3.63, 3.8) is 0 Å². The Morgan fingerprint density at radius 1 is 1.20 bits per heavy atom. The van der Waals surface area contributed by atoms with Gasteiger partial charge in [0, 0.05) is 18.8 Å². The molecular formula is C19H25IN4O. The van der Waals surface area contributed by atoms with Crippen LogP contribution in [0.4, 0.5) is 0 Å². The minimum atomic E-state index is 0. The maximum Gasteiger partial charge on any atom is 0.213 e. The topological polar surface area (TPSA) is 72.5 Å². The second-order valence-corrected chi connectivity index (χ2v) is 6.16. The van der Waals surface area contributed by atoms with Gasteiger partial charge in [-0.2, -0.15) is 0 Å². The van der Waals surface area contributed by atoms with Crippen LogP contribution in [0, 0.1) is 5.92 Å². The first kappa shape index (κ1) is 19.5. The van der Waals surface area contributed by atoms with Gasteiger partial charge in [0.1, 0.15) is 6.61 Å². The number of aliphatic imine (C=N–C) groups is 1. The molecule has 1 fully saturated rings. The van der Waals surface area contributed by atoms with E-state index in [1.54, 1.807) is 6.20 Å². The Morgan fingerprint density at radius 3 is 2.72 bits per heavy atom. The summed E-state index contributed by atoms with van der Waals surface area (Å²) in [5, 5.41) is 3.20. The molecule has 0 amide bonds.